The molecular formula is C21H23N3O4. The first-order chi connectivity index (χ1) is 13.5. The van der Waals surface area contributed by atoms with Gasteiger partial charge >= 0.3 is 0 Å². The number of amides is 1. The molecule has 7 nitrogen and oxygen atoms in total. The standard InChI is InChI=1S/C21H23N3O4/c1-14(17-12-15(27-2)8-9-20(17)28-3)23-21(26)10-11-24-18-7-5-4-6-16(18)19(25)13-22-24/h4-9,12-14H,10-11H2,1-3H3,(H,23,26). The summed E-state index contributed by atoms with van der Waals surface area (Å²) >= 11 is 0. The lowest BCUT2D eigenvalue weighted by molar-refractivity contribution is -0.122. The molecule has 7 heteroatoms. The van der Waals surface area contributed by atoms with Gasteiger partial charge in [0.15, 0.2) is 0 Å². The Morgan fingerprint density at radius 2 is 1.96 bits per heavy atom. The first-order valence-electron chi connectivity index (χ1n) is 8.99. The smallest absolute Gasteiger partial charge is 0.222 e. The molecule has 0 saturated heterocycles. The second kappa shape index (κ2) is 8.56. The summed E-state index contributed by atoms with van der Waals surface area (Å²) in [7, 11) is 3.18. The van der Waals surface area contributed by atoms with Crippen LogP contribution in [0.3, 0.4) is 0 Å². The van der Waals surface area contributed by atoms with E-state index in [9.17, 15) is 9.59 Å². The van der Waals surface area contributed by atoms with E-state index < -0.39 is 0 Å². The van der Waals surface area contributed by atoms with Gasteiger partial charge in [-0.3, -0.25) is 14.3 Å². The number of fused-ring (bicyclic) bond motifs is 1. The summed E-state index contributed by atoms with van der Waals surface area (Å²) < 4.78 is 12.3. The molecule has 0 aliphatic carbocycles. The van der Waals surface area contributed by atoms with Crippen LogP contribution in [0, 0.1) is 0 Å². The van der Waals surface area contributed by atoms with E-state index in [1.165, 1.54) is 6.20 Å². The van der Waals surface area contributed by atoms with E-state index in [-0.39, 0.29) is 23.8 Å². The molecule has 0 radical (unpaired) electrons. The van der Waals surface area contributed by atoms with Gasteiger partial charge in [-0.1, -0.05) is 12.1 Å². The van der Waals surface area contributed by atoms with Crippen molar-refractivity contribution < 1.29 is 14.3 Å². The molecule has 0 saturated carbocycles. The van der Waals surface area contributed by atoms with Crippen LogP contribution < -0.4 is 20.2 Å². The fourth-order valence-electron chi connectivity index (χ4n) is 3.12. The zero-order chi connectivity index (χ0) is 20.1. The van der Waals surface area contributed by atoms with Crippen LogP contribution in [0.25, 0.3) is 10.9 Å². The number of para-hydroxylation sites is 1. The number of carbonyl (C=O) groups is 1. The zero-order valence-electron chi connectivity index (χ0n) is 16.1. The Morgan fingerprint density at radius 3 is 2.71 bits per heavy atom. The van der Waals surface area contributed by atoms with Crippen molar-refractivity contribution in [2.45, 2.75) is 25.9 Å². The molecule has 146 valence electrons. The maximum Gasteiger partial charge on any atom is 0.222 e. The number of benzene rings is 2. The van der Waals surface area contributed by atoms with Crippen LogP contribution >= 0.6 is 0 Å². The second-order valence-corrected chi connectivity index (χ2v) is 6.40. The maximum atomic E-state index is 12.5. The largest absolute Gasteiger partial charge is 0.497 e. The highest BCUT2D eigenvalue weighted by molar-refractivity contribution is 5.79. The van der Waals surface area contributed by atoms with Crippen LogP contribution in [0.2, 0.25) is 0 Å². The number of ether oxygens (including phenoxy) is 2. The van der Waals surface area contributed by atoms with Crippen molar-refractivity contribution in [2.24, 2.45) is 0 Å². The van der Waals surface area contributed by atoms with E-state index in [1.807, 2.05) is 43.3 Å². The van der Waals surface area contributed by atoms with Crippen molar-refractivity contribution in [3.63, 3.8) is 0 Å². The third-order valence-corrected chi connectivity index (χ3v) is 4.59. The van der Waals surface area contributed by atoms with Crippen LogP contribution in [-0.2, 0) is 11.3 Å². The highest BCUT2D eigenvalue weighted by Gasteiger charge is 2.15. The molecule has 0 fully saturated rings. The van der Waals surface area contributed by atoms with E-state index in [0.29, 0.717) is 28.9 Å². The van der Waals surface area contributed by atoms with Gasteiger partial charge in [-0.05, 0) is 37.3 Å². The lowest BCUT2D eigenvalue weighted by atomic mass is 10.1. The molecule has 1 unspecified atom stereocenters. The third-order valence-electron chi connectivity index (χ3n) is 4.59. The molecule has 1 aromatic heterocycles. The number of aryl methyl sites for hydroxylation is 1. The minimum Gasteiger partial charge on any atom is -0.497 e. The third kappa shape index (κ3) is 4.14. The predicted molar refractivity (Wildman–Crippen MR) is 107 cm³/mol. The van der Waals surface area contributed by atoms with Crippen LogP contribution in [0.1, 0.15) is 24.9 Å². The molecule has 3 aromatic rings. The molecule has 28 heavy (non-hydrogen) atoms. The topological polar surface area (TPSA) is 82.4 Å². The van der Waals surface area contributed by atoms with Crippen LogP contribution in [0.4, 0.5) is 0 Å². The number of methoxy groups -OCH3 is 2. The maximum absolute atomic E-state index is 12.5. The Labute approximate surface area is 162 Å². The van der Waals surface area contributed by atoms with E-state index in [0.717, 1.165) is 5.56 Å². The SMILES string of the molecule is COc1ccc(OC)c(C(C)NC(=O)CCn2ncc(=O)c3ccccc32)c1. The van der Waals surface area contributed by atoms with E-state index >= 15 is 0 Å². The first-order valence-corrected chi connectivity index (χ1v) is 8.99. The predicted octanol–water partition coefficient (Wildman–Crippen LogP) is 2.68. The summed E-state index contributed by atoms with van der Waals surface area (Å²) in [5.41, 5.74) is 1.42. The van der Waals surface area contributed by atoms with Gasteiger partial charge in [-0.15, -0.1) is 0 Å². The van der Waals surface area contributed by atoms with Gasteiger partial charge in [0.2, 0.25) is 11.3 Å². The molecule has 1 atom stereocenters. The monoisotopic (exact) mass is 381 g/mol. The summed E-state index contributed by atoms with van der Waals surface area (Å²) in [4.78, 5) is 24.4. The minimum absolute atomic E-state index is 0.123. The average Bonchev–Trinajstić information content (AvgIpc) is 2.73. The molecule has 1 heterocycles. The molecular weight excluding hydrogens is 358 g/mol. The molecule has 0 aliphatic rings. The van der Waals surface area contributed by atoms with Gasteiger partial charge in [0.05, 0.1) is 38.5 Å². The summed E-state index contributed by atoms with van der Waals surface area (Å²) in [6, 6.07) is 12.5. The number of aromatic nitrogens is 2. The Hall–Kier alpha value is -3.35. The number of hydrogen-bond donors (Lipinski definition) is 1. The number of nitrogens with zero attached hydrogens (tertiary/aromatic N) is 2. The lowest BCUT2D eigenvalue weighted by Gasteiger charge is -2.18. The van der Waals surface area contributed by atoms with Gasteiger partial charge in [-0.25, -0.2) is 0 Å². The van der Waals surface area contributed by atoms with E-state index in [2.05, 4.69) is 10.4 Å². The van der Waals surface area contributed by atoms with Gasteiger partial charge < -0.3 is 14.8 Å². The molecule has 1 N–H and O–H groups in total. The van der Waals surface area contributed by atoms with Crippen LogP contribution in [0.5, 0.6) is 11.5 Å². The summed E-state index contributed by atoms with van der Waals surface area (Å²) in [6.07, 6.45) is 1.51. The lowest BCUT2D eigenvalue weighted by Crippen LogP contribution is -2.28. The molecule has 0 aliphatic heterocycles. The van der Waals surface area contributed by atoms with Gasteiger partial charge in [-0.2, -0.15) is 5.10 Å². The highest BCUT2D eigenvalue weighted by Crippen LogP contribution is 2.29. The Kier molecular flexibility index (Phi) is 5.93. The van der Waals surface area contributed by atoms with Gasteiger partial charge in [0, 0.05) is 17.4 Å². The average molecular weight is 381 g/mol. The Balaban J connectivity index is 1.70. The Morgan fingerprint density at radius 1 is 1.18 bits per heavy atom. The molecule has 2 aromatic carbocycles. The fourth-order valence-corrected chi connectivity index (χ4v) is 3.12. The van der Waals surface area contributed by atoms with Crippen LogP contribution in [-0.4, -0.2) is 29.9 Å². The van der Waals surface area contributed by atoms with Crippen molar-refractivity contribution in [3.8, 4) is 11.5 Å². The molecule has 0 bridgehead atoms. The first kappa shape index (κ1) is 19.4. The normalized spacial score (nSPS) is 11.8. The number of carbonyl (C=O) groups excluding carboxylic acids is 1. The molecule has 3 rings (SSSR count). The van der Waals surface area contributed by atoms with Crippen molar-refractivity contribution in [1.29, 1.82) is 0 Å². The molecule has 1 amide bonds. The van der Waals surface area contributed by atoms with Crippen molar-refractivity contribution in [1.82, 2.24) is 15.1 Å². The van der Waals surface area contributed by atoms with Gasteiger partial charge in [0.25, 0.3) is 0 Å². The second-order valence-electron chi connectivity index (χ2n) is 6.40. The zero-order valence-corrected chi connectivity index (χ0v) is 16.1. The Bertz CT molecular complexity index is 1050. The number of rotatable bonds is 7. The summed E-state index contributed by atoms with van der Waals surface area (Å²) in [5.74, 6) is 1.25. The quantitative estimate of drug-likeness (QED) is 0.680. The van der Waals surface area contributed by atoms with E-state index in [1.54, 1.807) is 25.0 Å². The van der Waals surface area contributed by atoms with E-state index in [4.69, 9.17) is 9.47 Å². The van der Waals surface area contributed by atoms with Gasteiger partial charge in [0.1, 0.15) is 11.5 Å². The summed E-state index contributed by atoms with van der Waals surface area (Å²) in [5, 5.41) is 7.72. The van der Waals surface area contributed by atoms with Crippen molar-refractivity contribution >= 4 is 16.8 Å². The molecule has 0 spiro atoms. The summed E-state index contributed by atoms with van der Waals surface area (Å²) in [6.45, 7) is 2.26. The van der Waals surface area contributed by atoms with Crippen molar-refractivity contribution in [2.75, 3.05) is 14.2 Å². The van der Waals surface area contributed by atoms with Crippen molar-refractivity contribution in [3.05, 3.63) is 64.4 Å². The number of nitrogens with one attached hydrogen (secondary N) is 1. The van der Waals surface area contributed by atoms with Crippen LogP contribution in [0.15, 0.2) is 53.5 Å². The fraction of sp³-hybridized carbons (Fsp3) is 0.286. The minimum atomic E-state index is -0.253. The highest BCUT2D eigenvalue weighted by atomic mass is 16.5. The number of hydrogen-bond acceptors (Lipinski definition) is 5.